The first-order valence-corrected chi connectivity index (χ1v) is 18.7. The van der Waals surface area contributed by atoms with Gasteiger partial charge in [0, 0.05) is 17.7 Å². The fourth-order valence-electron chi connectivity index (χ4n) is 8.53. The van der Waals surface area contributed by atoms with Gasteiger partial charge >= 0.3 is 0 Å². The summed E-state index contributed by atoms with van der Waals surface area (Å²) in [6.45, 7) is 6.52. The quantitative estimate of drug-likeness (QED) is 0.141. The van der Waals surface area contributed by atoms with E-state index in [4.69, 9.17) is 20.3 Å². The van der Waals surface area contributed by atoms with Gasteiger partial charge in [-0.3, -0.25) is 0 Å². The predicted octanol–water partition coefficient (Wildman–Crippen LogP) is 9.56. The molecular weight excluding hydrogens is 651 g/mol. The highest BCUT2D eigenvalue weighted by Gasteiger charge is 2.42. The van der Waals surface area contributed by atoms with Gasteiger partial charge in [0.1, 0.15) is 16.9 Å². The molecule has 7 heteroatoms. The van der Waals surface area contributed by atoms with Gasteiger partial charge in [0.25, 0.3) is 0 Å². The lowest BCUT2D eigenvalue weighted by molar-refractivity contribution is 0.451. The number of tetrazole rings is 1. The van der Waals surface area contributed by atoms with Crippen molar-refractivity contribution in [1.29, 1.82) is 0 Å². The molecule has 0 saturated carbocycles. The average Bonchev–Trinajstić information content (AvgIpc) is 3.97. The van der Waals surface area contributed by atoms with E-state index in [9.17, 15) is 0 Å². The van der Waals surface area contributed by atoms with E-state index < -0.39 is 5.54 Å². The van der Waals surface area contributed by atoms with E-state index in [-0.39, 0.29) is 6.04 Å². The number of hydrogen-bond acceptors (Lipinski definition) is 5. The van der Waals surface area contributed by atoms with E-state index in [0.717, 1.165) is 81.7 Å². The van der Waals surface area contributed by atoms with Crippen LogP contribution in [-0.4, -0.2) is 34.7 Å². The lowest BCUT2D eigenvalue weighted by Gasteiger charge is -2.36. The van der Waals surface area contributed by atoms with Crippen molar-refractivity contribution in [2.45, 2.75) is 58.0 Å². The highest BCUT2D eigenvalue weighted by Crippen LogP contribution is 2.45. The van der Waals surface area contributed by atoms with Crippen molar-refractivity contribution in [3.05, 3.63) is 184 Å². The molecule has 0 spiro atoms. The molecule has 0 radical (unpaired) electrons. The first-order valence-electron chi connectivity index (χ1n) is 18.7. The third kappa shape index (κ3) is 5.29. The molecule has 1 aliphatic carbocycles. The summed E-state index contributed by atoms with van der Waals surface area (Å²) >= 11 is 0. The van der Waals surface area contributed by atoms with Crippen LogP contribution in [0.25, 0.3) is 33.7 Å². The molecule has 5 aromatic carbocycles. The second kappa shape index (κ2) is 13.4. The lowest BCUT2D eigenvalue weighted by atomic mass is 9.77. The first kappa shape index (κ1) is 32.7. The number of nitrogens with zero attached hydrogens (tertiary/aromatic N) is 7. The van der Waals surface area contributed by atoms with Gasteiger partial charge in [0.2, 0.25) is 0 Å². The molecule has 3 heterocycles. The number of imidazole rings is 1. The van der Waals surface area contributed by atoms with Gasteiger partial charge in [-0.05, 0) is 87.2 Å². The maximum Gasteiger partial charge on any atom is 0.184 e. The molecule has 0 aliphatic heterocycles. The zero-order valence-electron chi connectivity index (χ0n) is 30.3. The minimum absolute atomic E-state index is 0.198. The molecule has 0 saturated heterocycles. The van der Waals surface area contributed by atoms with Gasteiger partial charge in [-0.25, -0.2) is 14.6 Å². The van der Waals surface area contributed by atoms with Crippen molar-refractivity contribution in [3.8, 4) is 22.5 Å². The minimum atomic E-state index is -0.838. The largest absolute Gasteiger partial charge is 0.305 e. The molecule has 0 bridgehead atoms. The lowest BCUT2D eigenvalue weighted by Crippen LogP contribution is -2.39. The summed E-state index contributed by atoms with van der Waals surface area (Å²) in [5.74, 6) is 1.79. The summed E-state index contributed by atoms with van der Waals surface area (Å²) in [4.78, 5) is 10.2. The van der Waals surface area contributed by atoms with Crippen molar-refractivity contribution in [2.24, 2.45) is 0 Å². The van der Waals surface area contributed by atoms with Crippen LogP contribution < -0.4 is 0 Å². The van der Waals surface area contributed by atoms with Crippen LogP contribution in [0.1, 0.15) is 71.2 Å². The van der Waals surface area contributed by atoms with Crippen molar-refractivity contribution < 1.29 is 0 Å². The molecule has 8 aromatic rings. The van der Waals surface area contributed by atoms with Gasteiger partial charge in [-0.1, -0.05) is 147 Å². The standard InChI is InChI=1S/C46H41N7/c1-4-37-29-31(3)43-45(47-37)52(42(5-2)48-43)41-28-26-33-30-32(25-27-39(33)41)38-23-15-16-24-40(38)44-49-50-51-53(44)46(34-17-9-6-10-18-34,35-19-11-7-12-20-35)36-21-13-8-14-22-36/h6-25,27,29-30,41H,4-5,26,28H2,1-3H3/t41-/m0/s1. The van der Waals surface area contributed by atoms with Gasteiger partial charge in [0.15, 0.2) is 11.5 Å². The molecule has 0 amide bonds. The Morgan fingerprint density at radius 3 is 1.92 bits per heavy atom. The Balaban J connectivity index is 1.19. The topological polar surface area (TPSA) is 74.3 Å². The number of benzene rings is 5. The minimum Gasteiger partial charge on any atom is -0.305 e. The van der Waals surface area contributed by atoms with E-state index >= 15 is 0 Å². The summed E-state index contributed by atoms with van der Waals surface area (Å²) in [6.07, 6.45) is 3.77. The van der Waals surface area contributed by atoms with E-state index in [0.29, 0.717) is 5.82 Å². The van der Waals surface area contributed by atoms with Gasteiger partial charge < -0.3 is 4.57 Å². The average molecular weight is 692 g/mol. The molecular formula is C46H41N7. The van der Waals surface area contributed by atoms with Crippen LogP contribution in [-0.2, 0) is 24.8 Å². The van der Waals surface area contributed by atoms with E-state index in [1.807, 2.05) is 4.68 Å². The van der Waals surface area contributed by atoms with E-state index in [1.165, 1.54) is 16.7 Å². The Bertz CT molecular complexity index is 2460. The number of hydrogen-bond donors (Lipinski definition) is 0. The highest BCUT2D eigenvalue weighted by molar-refractivity contribution is 5.82. The summed E-state index contributed by atoms with van der Waals surface area (Å²) in [7, 11) is 0. The molecule has 0 N–H and O–H groups in total. The third-order valence-electron chi connectivity index (χ3n) is 11.0. The monoisotopic (exact) mass is 691 g/mol. The molecule has 1 aliphatic rings. The molecule has 7 nitrogen and oxygen atoms in total. The second-order valence-electron chi connectivity index (χ2n) is 13.9. The predicted molar refractivity (Wildman–Crippen MR) is 211 cm³/mol. The number of aromatic nitrogens is 7. The summed E-state index contributed by atoms with van der Waals surface area (Å²) < 4.78 is 4.44. The van der Waals surface area contributed by atoms with Crippen LogP contribution in [0.5, 0.6) is 0 Å². The Kier molecular flexibility index (Phi) is 8.26. The molecule has 260 valence electrons. The zero-order valence-corrected chi connectivity index (χ0v) is 30.3. The Morgan fingerprint density at radius 1 is 0.679 bits per heavy atom. The van der Waals surface area contributed by atoms with Crippen LogP contribution in [0.15, 0.2) is 140 Å². The summed E-state index contributed by atoms with van der Waals surface area (Å²) in [5, 5.41) is 14.0. The second-order valence-corrected chi connectivity index (χ2v) is 13.9. The zero-order chi connectivity index (χ0) is 35.9. The fourth-order valence-corrected chi connectivity index (χ4v) is 8.53. The number of rotatable bonds is 9. The maximum absolute atomic E-state index is 5.12. The molecule has 0 unspecified atom stereocenters. The Hall–Kier alpha value is -6.21. The van der Waals surface area contributed by atoms with Gasteiger partial charge in [0.05, 0.1) is 6.04 Å². The molecule has 9 rings (SSSR count). The molecule has 0 fully saturated rings. The van der Waals surface area contributed by atoms with Crippen molar-refractivity contribution in [3.63, 3.8) is 0 Å². The van der Waals surface area contributed by atoms with E-state index in [2.05, 4.69) is 170 Å². The maximum atomic E-state index is 5.12. The van der Waals surface area contributed by atoms with Crippen LogP contribution >= 0.6 is 0 Å². The molecule has 3 aromatic heterocycles. The smallest absolute Gasteiger partial charge is 0.184 e. The Labute approximate surface area is 310 Å². The number of aryl methyl sites for hydroxylation is 4. The van der Waals surface area contributed by atoms with Gasteiger partial charge in [-0.2, -0.15) is 0 Å². The van der Waals surface area contributed by atoms with E-state index in [1.54, 1.807) is 0 Å². The normalized spacial score (nSPS) is 14.1. The van der Waals surface area contributed by atoms with Crippen LogP contribution in [0.3, 0.4) is 0 Å². The molecule has 53 heavy (non-hydrogen) atoms. The molecule has 1 atom stereocenters. The summed E-state index contributed by atoms with van der Waals surface area (Å²) in [5.41, 5.74) is 12.6. The van der Waals surface area contributed by atoms with Crippen LogP contribution in [0.4, 0.5) is 0 Å². The number of pyridine rings is 1. The van der Waals surface area contributed by atoms with Crippen molar-refractivity contribution >= 4 is 11.2 Å². The van der Waals surface area contributed by atoms with Crippen molar-refractivity contribution in [2.75, 3.05) is 0 Å². The Morgan fingerprint density at radius 2 is 1.30 bits per heavy atom. The summed E-state index contributed by atoms with van der Waals surface area (Å²) in [6, 6.07) is 49.5. The van der Waals surface area contributed by atoms with Crippen LogP contribution in [0.2, 0.25) is 0 Å². The van der Waals surface area contributed by atoms with Crippen LogP contribution in [0, 0.1) is 6.92 Å². The van der Waals surface area contributed by atoms with Gasteiger partial charge in [-0.15, -0.1) is 5.10 Å². The number of fused-ring (bicyclic) bond motifs is 2. The third-order valence-corrected chi connectivity index (χ3v) is 11.0. The fraction of sp³-hybridized carbons (Fsp3) is 0.196. The SMILES string of the molecule is CCc1cc(C)c2nc(CC)n([C@H]3CCc4cc(-c5ccccc5-c5nnnn5C(c5ccccc5)(c5ccccc5)c5ccccc5)ccc43)c2n1. The highest BCUT2D eigenvalue weighted by atomic mass is 15.6. The first-order chi connectivity index (χ1) is 26.1. The van der Waals surface area contributed by atoms with Crippen molar-refractivity contribution in [1.82, 2.24) is 34.7 Å².